The van der Waals surface area contributed by atoms with Crippen LogP contribution in [0.2, 0.25) is 0 Å². The third-order valence-electron chi connectivity index (χ3n) is 4.11. The SMILES string of the molecule is CCNC(=O)C1CCN(Cc2cnc(N(C)CC(=O)OCC)nc2)C1. The van der Waals surface area contributed by atoms with Crippen LogP contribution in [0.4, 0.5) is 5.95 Å². The Morgan fingerprint density at radius 3 is 2.72 bits per heavy atom. The molecule has 2 rings (SSSR count). The van der Waals surface area contributed by atoms with E-state index in [9.17, 15) is 9.59 Å². The highest BCUT2D eigenvalue weighted by Gasteiger charge is 2.27. The van der Waals surface area contributed by atoms with E-state index in [-0.39, 0.29) is 24.3 Å². The highest BCUT2D eigenvalue weighted by molar-refractivity contribution is 5.79. The number of likely N-dealkylation sites (N-methyl/N-ethyl adjacent to an activating group) is 1. The summed E-state index contributed by atoms with van der Waals surface area (Å²) in [5, 5.41) is 2.88. The number of likely N-dealkylation sites (tertiary alicyclic amines) is 1. The number of nitrogens with zero attached hydrogens (tertiary/aromatic N) is 4. The number of rotatable bonds is 8. The minimum Gasteiger partial charge on any atom is -0.465 e. The van der Waals surface area contributed by atoms with Crippen molar-refractivity contribution < 1.29 is 14.3 Å². The summed E-state index contributed by atoms with van der Waals surface area (Å²) < 4.78 is 4.92. The fourth-order valence-electron chi connectivity index (χ4n) is 2.86. The van der Waals surface area contributed by atoms with Crippen molar-refractivity contribution in [2.24, 2.45) is 5.92 Å². The average Bonchev–Trinajstić information content (AvgIpc) is 3.04. The monoisotopic (exact) mass is 349 g/mol. The Labute approximate surface area is 148 Å². The van der Waals surface area contributed by atoms with Crippen molar-refractivity contribution in [1.82, 2.24) is 20.2 Å². The van der Waals surface area contributed by atoms with E-state index in [0.717, 1.165) is 31.6 Å². The van der Waals surface area contributed by atoms with Gasteiger partial charge in [-0.2, -0.15) is 0 Å². The predicted molar refractivity (Wildman–Crippen MR) is 94.0 cm³/mol. The summed E-state index contributed by atoms with van der Waals surface area (Å²) in [6.07, 6.45) is 4.42. The van der Waals surface area contributed by atoms with Crippen molar-refractivity contribution in [3.63, 3.8) is 0 Å². The second-order valence-corrected chi connectivity index (χ2v) is 6.17. The fraction of sp³-hybridized carbons (Fsp3) is 0.647. The molecule has 0 radical (unpaired) electrons. The normalized spacial score (nSPS) is 17.3. The molecule has 1 aliphatic rings. The van der Waals surface area contributed by atoms with Crippen molar-refractivity contribution in [2.45, 2.75) is 26.8 Å². The molecular formula is C17H27N5O3. The Balaban J connectivity index is 1.84. The Hall–Kier alpha value is -2.22. The quantitative estimate of drug-likeness (QED) is 0.681. The van der Waals surface area contributed by atoms with Gasteiger partial charge in [-0.1, -0.05) is 0 Å². The summed E-state index contributed by atoms with van der Waals surface area (Å²) in [4.78, 5) is 35.9. The first-order valence-corrected chi connectivity index (χ1v) is 8.71. The Morgan fingerprint density at radius 1 is 1.36 bits per heavy atom. The zero-order valence-corrected chi connectivity index (χ0v) is 15.2. The van der Waals surface area contributed by atoms with E-state index in [0.29, 0.717) is 19.1 Å². The lowest BCUT2D eigenvalue weighted by molar-refractivity contribution is -0.141. The molecule has 0 bridgehead atoms. The van der Waals surface area contributed by atoms with E-state index >= 15 is 0 Å². The molecule has 1 aromatic rings. The molecule has 1 amide bonds. The summed E-state index contributed by atoms with van der Waals surface area (Å²) >= 11 is 0. The van der Waals surface area contributed by atoms with Crippen LogP contribution in [-0.2, 0) is 20.9 Å². The van der Waals surface area contributed by atoms with Crippen molar-refractivity contribution >= 4 is 17.8 Å². The number of aromatic nitrogens is 2. The van der Waals surface area contributed by atoms with E-state index in [1.165, 1.54) is 0 Å². The van der Waals surface area contributed by atoms with E-state index < -0.39 is 0 Å². The number of anilines is 1. The molecule has 1 aliphatic heterocycles. The number of ether oxygens (including phenoxy) is 1. The van der Waals surface area contributed by atoms with Gasteiger partial charge in [0.15, 0.2) is 0 Å². The lowest BCUT2D eigenvalue weighted by Gasteiger charge is -2.18. The Kier molecular flexibility index (Phi) is 7.12. The number of carbonyl (C=O) groups is 2. The number of carbonyl (C=O) groups excluding carboxylic acids is 2. The highest BCUT2D eigenvalue weighted by atomic mass is 16.5. The molecule has 25 heavy (non-hydrogen) atoms. The minimum absolute atomic E-state index is 0.0656. The molecule has 8 heteroatoms. The second-order valence-electron chi connectivity index (χ2n) is 6.17. The molecule has 0 saturated carbocycles. The molecule has 0 spiro atoms. The Morgan fingerprint density at radius 2 is 2.08 bits per heavy atom. The van der Waals surface area contributed by atoms with Gasteiger partial charge in [0.25, 0.3) is 0 Å². The summed E-state index contributed by atoms with van der Waals surface area (Å²) in [6, 6.07) is 0. The summed E-state index contributed by atoms with van der Waals surface area (Å²) in [5.74, 6) is 0.387. The Bertz CT molecular complexity index is 578. The summed E-state index contributed by atoms with van der Waals surface area (Å²) in [5.41, 5.74) is 0.991. The number of hydrogen-bond acceptors (Lipinski definition) is 7. The fourth-order valence-corrected chi connectivity index (χ4v) is 2.86. The molecule has 8 nitrogen and oxygen atoms in total. The maximum Gasteiger partial charge on any atom is 0.325 e. The zero-order valence-electron chi connectivity index (χ0n) is 15.2. The third-order valence-corrected chi connectivity index (χ3v) is 4.11. The maximum absolute atomic E-state index is 11.9. The molecule has 0 aromatic carbocycles. The largest absolute Gasteiger partial charge is 0.465 e. The van der Waals surface area contributed by atoms with Crippen LogP contribution in [0.5, 0.6) is 0 Å². The lowest BCUT2D eigenvalue weighted by atomic mass is 10.1. The van der Waals surface area contributed by atoms with Gasteiger partial charge >= 0.3 is 5.97 Å². The molecule has 1 N–H and O–H groups in total. The van der Waals surface area contributed by atoms with Gasteiger partial charge in [0.1, 0.15) is 6.54 Å². The van der Waals surface area contributed by atoms with Gasteiger partial charge < -0.3 is 15.0 Å². The van der Waals surface area contributed by atoms with E-state index in [1.807, 2.05) is 6.92 Å². The van der Waals surface area contributed by atoms with Gasteiger partial charge in [0.05, 0.1) is 12.5 Å². The summed E-state index contributed by atoms with van der Waals surface area (Å²) in [7, 11) is 1.75. The van der Waals surface area contributed by atoms with Crippen LogP contribution < -0.4 is 10.2 Å². The number of hydrogen-bond donors (Lipinski definition) is 1. The van der Waals surface area contributed by atoms with Crippen LogP contribution in [0, 0.1) is 5.92 Å². The minimum atomic E-state index is -0.300. The van der Waals surface area contributed by atoms with E-state index in [4.69, 9.17) is 4.74 Å². The van der Waals surface area contributed by atoms with Crippen molar-refractivity contribution in [3.05, 3.63) is 18.0 Å². The van der Waals surface area contributed by atoms with Crippen LogP contribution in [0.25, 0.3) is 0 Å². The van der Waals surface area contributed by atoms with E-state index in [1.54, 1.807) is 31.3 Å². The van der Waals surface area contributed by atoms with Crippen LogP contribution in [0.1, 0.15) is 25.8 Å². The molecule has 1 saturated heterocycles. The van der Waals surface area contributed by atoms with Crippen LogP contribution in [0.3, 0.4) is 0 Å². The van der Waals surface area contributed by atoms with Crippen LogP contribution >= 0.6 is 0 Å². The lowest BCUT2D eigenvalue weighted by Crippen LogP contribution is -2.32. The highest BCUT2D eigenvalue weighted by Crippen LogP contribution is 2.18. The van der Waals surface area contributed by atoms with Crippen LogP contribution in [0.15, 0.2) is 12.4 Å². The number of esters is 1. The van der Waals surface area contributed by atoms with Gasteiger partial charge in [0.2, 0.25) is 11.9 Å². The van der Waals surface area contributed by atoms with Crippen molar-refractivity contribution in [2.75, 3.05) is 44.7 Å². The van der Waals surface area contributed by atoms with Crippen molar-refractivity contribution in [1.29, 1.82) is 0 Å². The first kappa shape index (κ1) is 19.1. The van der Waals surface area contributed by atoms with Gasteiger partial charge in [-0.15, -0.1) is 0 Å². The molecular weight excluding hydrogens is 322 g/mol. The zero-order chi connectivity index (χ0) is 18.2. The number of amides is 1. The molecule has 1 aromatic heterocycles. The average molecular weight is 349 g/mol. The molecule has 1 unspecified atom stereocenters. The van der Waals surface area contributed by atoms with Crippen LogP contribution in [-0.4, -0.2) is 66.6 Å². The van der Waals surface area contributed by atoms with E-state index in [2.05, 4.69) is 20.2 Å². The third kappa shape index (κ3) is 5.67. The van der Waals surface area contributed by atoms with Gasteiger partial charge in [-0.05, 0) is 26.8 Å². The predicted octanol–water partition coefficient (Wildman–Crippen LogP) is 0.434. The van der Waals surface area contributed by atoms with Gasteiger partial charge in [0, 0.05) is 44.6 Å². The van der Waals surface area contributed by atoms with Gasteiger partial charge in [-0.3, -0.25) is 14.5 Å². The molecule has 1 atom stereocenters. The smallest absolute Gasteiger partial charge is 0.325 e. The van der Waals surface area contributed by atoms with Gasteiger partial charge in [-0.25, -0.2) is 9.97 Å². The molecule has 138 valence electrons. The number of nitrogens with one attached hydrogen (secondary N) is 1. The molecule has 0 aliphatic carbocycles. The molecule has 2 heterocycles. The topological polar surface area (TPSA) is 87.7 Å². The van der Waals surface area contributed by atoms with Crippen molar-refractivity contribution in [3.8, 4) is 0 Å². The maximum atomic E-state index is 11.9. The first-order chi connectivity index (χ1) is 12.0. The first-order valence-electron chi connectivity index (χ1n) is 8.71. The summed E-state index contributed by atoms with van der Waals surface area (Å²) in [6.45, 7) is 7.23. The second kappa shape index (κ2) is 9.31. The standard InChI is InChI=1S/C17H27N5O3/c1-4-18-16(24)14-6-7-22(11-14)10-13-8-19-17(20-9-13)21(3)12-15(23)25-5-2/h8-9,14H,4-7,10-12H2,1-3H3,(H,18,24). The molecule has 1 fully saturated rings.